The summed E-state index contributed by atoms with van der Waals surface area (Å²) in [6.07, 6.45) is 3.08. The van der Waals surface area contributed by atoms with Gasteiger partial charge in [0.15, 0.2) is 5.78 Å². The molecule has 4 amide bonds. The van der Waals surface area contributed by atoms with Gasteiger partial charge in [0.05, 0.1) is 13.1 Å². The fourth-order valence-corrected chi connectivity index (χ4v) is 3.37. The monoisotopic (exact) mass is 511 g/mol. The Hall–Kier alpha value is -3.19. The van der Waals surface area contributed by atoms with Crippen molar-refractivity contribution in [2.75, 3.05) is 26.3 Å². The lowest BCUT2D eigenvalue weighted by atomic mass is 9.95. The molecule has 0 unspecified atom stereocenters. The quantitative estimate of drug-likeness (QED) is 0.0915. The van der Waals surface area contributed by atoms with Gasteiger partial charge in [-0.15, -0.1) is 5.06 Å². The second kappa shape index (κ2) is 17.3. The van der Waals surface area contributed by atoms with Gasteiger partial charge in [0.25, 0.3) is 11.8 Å². The molecule has 1 aliphatic rings. The van der Waals surface area contributed by atoms with Gasteiger partial charge in [-0.3, -0.25) is 29.3 Å². The second-order valence-electron chi connectivity index (χ2n) is 8.65. The molecule has 5 N–H and O–H groups in total. The Morgan fingerprint density at radius 2 is 1.61 bits per heavy atom. The molecular formula is C23H37N5O8. The van der Waals surface area contributed by atoms with Gasteiger partial charge in [-0.25, -0.2) is 4.79 Å². The number of hydroxylamine groups is 2. The Morgan fingerprint density at radius 3 is 2.25 bits per heavy atom. The molecule has 36 heavy (non-hydrogen) atoms. The molecule has 1 heterocycles. The fourth-order valence-electron chi connectivity index (χ4n) is 3.37. The summed E-state index contributed by atoms with van der Waals surface area (Å²) in [4.78, 5) is 85.3. The van der Waals surface area contributed by atoms with Crippen LogP contribution in [0.2, 0.25) is 0 Å². The number of carbonyl (C=O) groups excluding carboxylic acids is 7. The number of imide groups is 1. The van der Waals surface area contributed by atoms with Crippen molar-refractivity contribution in [3.05, 3.63) is 0 Å². The Labute approximate surface area is 210 Å². The van der Waals surface area contributed by atoms with Crippen LogP contribution >= 0.6 is 0 Å². The first kappa shape index (κ1) is 30.8. The number of carbonyl (C=O) groups is 7. The molecular weight excluding hydrogens is 474 g/mol. The Bertz CT molecular complexity index is 800. The minimum atomic E-state index is -0.778. The van der Waals surface area contributed by atoms with E-state index in [1.54, 1.807) is 0 Å². The number of nitrogens with one attached hydrogen (secondary N) is 3. The number of primary amides is 1. The van der Waals surface area contributed by atoms with Crippen molar-refractivity contribution >= 4 is 41.2 Å². The number of nitrogens with zero attached hydrogens (tertiary/aromatic N) is 1. The molecule has 0 aliphatic carbocycles. The lowest BCUT2D eigenvalue weighted by molar-refractivity contribution is -0.197. The van der Waals surface area contributed by atoms with Crippen LogP contribution in [-0.4, -0.2) is 72.5 Å². The highest BCUT2D eigenvalue weighted by Crippen LogP contribution is 2.15. The van der Waals surface area contributed by atoms with Crippen molar-refractivity contribution in [1.29, 1.82) is 0 Å². The van der Waals surface area contributed by atoms with E-state index in [1.807, 2.05) is 0 Å². The molecule has 0 saturated carbocycles. The van der Waals surface area contributed by atoms with Crippen molar-refractivity contribution < 1.29 is 38.4 Å². The third-order valence-electron chi connectivity index (χ3n) is 5.44. The normalized spacial score (nSPS) is 14.0. The highest BCUT2D eigenvalue weighted by atomic mass is 16.7. The smallest absolute Gasteiger partial charge is 0.333 e. The summed E-state index contributed by atoms with van der Waals surface area (Å²) in [7, 11) is 0. The topological polar surface area (TPSA) is 194 Å². The molecule has 13 nitrogen and oxygen atoms in total. The predicted octanol–water partition coefficient (Wildman–Crippen LogP) is -0.773. The van der Waals surface area contributed by atoms with Crippen LogP contribution in [0.3, 0.4) is 0 Å². The van der Waals surface area contributed by atoms with E-state index >= 15 is 0 Å². The van der Waals surface area contributed by atoms with Gasteiger partial charge in [0, 0.05) is 44.7 Å². The minimum Gasteiger partial charge on any atom is -0.369 e. The number of rotatable bonds is 20. The van der Waals surface area contributed by atoms with E-state index in [9.17, 15) is 33.6 Å². The van der Waals surface area contributed by atoms with E-state index in [1.165, 1.54) is 6.92 Å². The van der Waals surface area contributed by atoms with Gasteiger partial charge in [-0.1, -0.05) is 6.42 Å². The molecule has 0 aromatic carbocycles. The first-order chi connectivity index (χ1) is 17.1. The summed E-state index contributed by atoms with van der Waals surface area (Å²) in [6, 6.07) is 0. The zero-order valence-corrected chi connectivity index (χ0v) is 20.8. The highest BCUT2D eigenvalue weighted by Gasteiger charge is 2.32. The van der Waals surface area contributed by atoms with Crippen molar-refractivity contribution in [2.24, 2.45) is 11.7 Å². The minimum absolute atomic E-state index is 0.00931. The van der Waals surface area contributed by atoms with Crippen molar-refractivity contribution in [3.8, 4) is 0 Å². The van der Waals surface area contributed by atoms with Crippen LogP contribution in [0.1, 0.15) is 71.1 Å². The number of unbranched alkanes of at least 4 members (excludes halogenated alkanes) is 1. The standard InChI is InChI=1S/C23H37N5O8/c1-16(29)8-9-17(23(24)35)5-2-3-12-25-15-26-13-18(30)14-27-19(31)6-4-7-22(34)36-28-20(32)10-11-21(28)33/h17,25-26H,2-15H2,1H3,(H2,24,35)(H,27,31)/t17-/m1/s1. The maximum atomic E-state index is 11.9. The maximum Gasteiger partial charge on any atom is 0.333 e. The van der Waals surface area contributed by atoms with E-state index < -0.39 is 23.7 Å². The third-order valence-corrected chi connectivity index (χ3v) is 5.44. The van der Waals surface area contributed by atoms with E-state index in [-0.39, 0.29) is 68.6 Å². The molecule has 0 aromatic heterocycles. The van der Waals surface area contributed by atoms with Crippen LogP contribution in [-0.2, 0) is 38.4 Å². The van der Waals surface area contributed by atoms with Gasteiger partial charge in [0.1, 0.15) is 5.78 Å². The van der Waals surface area contributed by atoms with Crippen LogP contribution in [0.25, 0.3) is 0 Å². The van der Waals surface area contributed by atoms with Crippen LogP contribution < -0.4 is 21.7 Å². The van der Waals surface area contributed by atoms with Gasteiger partial charge in [-0.2, -0.15) is 0 Å². The zero-order chi connectivity index (χ0) is 26.9. The summed E-state index contributed by atoms with van der Waals surface area (Å²) in [6.45, 7) is 2.47. The summed E-state index contributed by atoms with van der Waals surface area (Å²) in [5, 5.41) is 8.96. The molecule has 13 heteroatoms. The van der Waals surface area contributed by atoms with Crippen molar-refractivity contribution in [2.45, 2.75) is 71.1 Å². The first-order valence-corrected chi connectivity index (χ1v) is 12.1. The number of ketones is 2. The van der Waals surface area contributed by atoms with Crippen LogP contribution in [0.15, 0.2) is 0 Å². The largest absolute Gasteiger partial charge is 0.369 e. The van der Waals surface area contributed by atoms with E-state index in [4.69, 9.17) is 10.6 Å². The van der Waals surface area contributed by atoms with Crippen LogP contribution in [0, 0.1) is 5.92 Å². The van der Waals surface area contributed by atoms with Crippen LogP contribution in [0.5, 0.6) is 0 Å². The number of Topliss-reactive ketones (excluding diaryl/α,β-unsaturated/α-hetero) is 2. The number of nitrogens with two attached hydrogens (primary N) is 1. The Balaban J connectivity index is 2.01. The lowest BCUT2D eigenvalue weighted by Gasteiger charge is -2.12. The molecule has 1 atom stereocenters. The molecule has 1 rings (SSSR count). The Kier molecular flexibility index (Phi) is 14.8. The fraction of sp³-hybridized carbons (Fsp3) is 0.696. The number of hydrogen-bond donors (Lipinski definition) is 4. The molecule has 0 aromatic rings. The van der Waals surface area contributed by atoms with E-state index in [2.05, 4.69) is 16.0 Å². The zero-order valence-electron chi connectivity index (χ0n) is 20.8. The SMILES string of the molecule is CC(=O)CC[C@@H](CCCCNCNCC(=O)CNC(=O)CCCC(=O)ON1C(=O)CCC1=O)C(N)=O. The third kappa shape index (κ3) is 13.6. The molecule has 1 fully saturated rings. The van der Waals surface area contributed by atoms with Gasteiger partial charge in [0.2, 0.25) is 11.8 Å². The number of amides is 4. The van der Waals surface area contributed by atoms with E-state index in [0.717, 1.165) is 12.8 Å². The summed E-state index contributed by atoms with van der Waals surface area (Å²) >= 11 is 0. The summed E-state index contributed by atoms with van der Waals surface area (Å²) < 4.78 is 0. The molecule has 1 aliphatic heterocycles. The van der Waals surface area contributed by atoms with Gasteiger partial charge < -0.3 is 26.0 Å². The first-order valence-electron chi connectivity index (χ1n) is 12.1. The molecule has 0 radical (unpaired) electrons. The molecule has 0 bridgehead atoms. The molecule has 0 spiro atoms. The van der Waals surface area contributed by atoms with Crippen molar-refractivity contribution in [3.63, 3.8) is 0 Å². The van der Waals surface area contributed by atoms with Gasteiger partial charge in [-0.05, 0) is 39.2 Å². The van der Waals surface area contributed by atoms with Crippen molar-refractivity contribution in [1.82, 2.24) is 21.0 Å². The predicted molar refractivity (Wildman–Crippen MR) is 126 cm³/mol. The summed E-state index contributed by atoms with van der Waals surface area (Å²) in [5.74, 6) is -3.16. The second-order valence-corrected chi connectivity index (χ2v) is 8.65. The molecule has 1 saturated heterocycles. The van der Waals surface area contributed by atoms with Crippen LogP contribution in [0.4, 0.5) is 0 Å². The average Bonchev–Trinajstić information content (AvgIpc) is 3.12. The van der Waals surface area contributed by atoms with Gasteiger partial charge >= 0.3 is 5.97 Å². The van der Waals surface area contributed by atoms with E-state index in [0.29, 0.717) is 37.5 Å². The highest BCUT2D eigenvalue weighted by molar-refractivity contribution is 6.01. The maximum absolute atomic E-state index is 11.9. The molecule has 202 valence electrons. The average molecular weight is 512 g/mol. The Morgan fingerprint density at radius 1 is 0.917 bits per heavy atom. The summed E-state index contributed by atoms with van der Waals surface area (Å²) in [5.41, 5.74) is 5.37. The number of hydrogen-bond acceptors (Lipinski definition) is 10. The lowest BCUT2D eigenvalue weighted by Crippen LogP contribution is -2.38.